The lowest BCUT2D eigenvalue weighted by atomic mass is 10.1. The minimum Gasteiger partial charge on any atom is -0.380 e. The molecular weight excluding hydrogens is 371 g/mol. The van der Waals surface area contributed by atoms with Crippen LogP contribution in [0.2, 0.25) is 0 Å². The maximum absolute atomic E-state index is 12.8. The summed E-state index contributed by atoms with van der Waals surface area (Å²) in [6.45, 7) is 0. The number of thioether (sulfide) groups is 1. The summed E-state index contributed by atoms with van der Waals surface area (Å²) in [4.78, 5) is 8.28. The second-order valence-corrected chi connectivity index (χ2v) is 6.35. The third-order valence-corrected chi connectivity index (χ3v) is 4.09. The molecule has 0 aliphatic rings. The van der Waals surface area contributed by atoms with Crippen molar-refractivity contribution in [3.8, 4) is 0 Å². The topological polar surface area (TPSA) is 76.2 Å². The smallest absolute Gasteiger partial charge is 0.380 e. The maximum Gasteiger partial charge on any atom is 0.416 e. The SMILES string of the molecule is CSC(=S)N/N=C(\N)c1cncc(Cc2cccc(C(F)(F)F)c2)n1. The van der Waals surface area contributed by atoms with Gasteiger partial charge in [-0.05, 0) is 17.9 Å². The van der Waals surface area contributed by atoms with Crippen molar-refractivity contribution in [1.82, 2.24) is 15.4 Å². The average Bonchev–Trinajstić information content (AvgIpc) is 2.59. The molecule has 1 aromatic carbocycles. The van der Waals surface area contributed by atoms with Gasteiger partial charge in [-0.25, -0.2) is 4.98 Å². The van der Waals surface area contributed by atoms with E-state index in [0.717, 1.165) is 12.1 Å². The number of hydrazone groups is 1. The van der Waals surface area contributed by atoms with E-state index in [4.69, 9.17) is 18.0 Å². The molecule has 0 atom stereocenters. The van der Waals surface area contributed by atoms with Gasteiger partial charge < -0.3 is 5.73 Å². The number of amidine groups is 1. The van der Waals surface area contributed by atoms with Crippen LogP contribution in [0.25, 0.3) is 0 Å². The van der Waals surface area contributed by atoms with Crippen LogP contribution in [-0.4, -0.2) is 26.4 Å². The molecule has 2 aromatic rings. The van der Waals surface area contributed by atoms with Crippen molar-refractivity contribution in [1.29, 1.82) is 0 Å². The molecule has 0 amide bonds. The highest BCUT2D eigenvalue weighted by atomic mass is 32.2. The second-order valence-electron chi connectivity index (χ2n) is 4.87. The normalized spacial score (nSPS) is 12.1. The number of thiocarbonyl (C=S) groups is 1. The third kappa shape index (κ3) is 5.68. The van der Waals surface area contributed by atoms with Crippen LogP contribution in [0.1, 0.15) is 22.5 Å². The third-order valence-electron chi connectivity index (χ3n) is 3.04. The van der Waals surface area contributed by atoms with E-state index in [2.05, 4.69) is 20.5 Å². The Bertz CT molecular complexity index is 793. The van der Waals surface area contributed by atoms with Gasteiger partial charge in [-0.15, -0.1) is 0 Å². The predicted molar refractivity (Wildman–Crippen MR) is 96.3 cm³/mol. The lowest BCUT2D eigenvalue weighted by molar-refractivity contribution is -0.137. The van der Waals surface area contributed by atoms with E-state index in [1.807, 2.05) is 0 Å². The monoisotopic (exact) mass is 385 g/mol. The first-order chi connectivity index (χ1) is 11.8. The van der Waals surface area contributed by atoms with E-state index in [1.165, 1.54) is 30.2 Å². The van der Waals surface area contributed by atoms with Crippen LogP contribution in [0.4, 0.5) is 13.2 Å². The number of rotatable bonds is 4. The Kier molecular flexibility index (Phi) is 6.32. The van der Waals surface area contributed by atoms with Crippen molar-refractivity contribution in [3.63, 3.8) is 0 Å². The molecule has 0 saturated heterocycles. The van der Waals surface area contributed by atoms with Crippen LogP contribution in [0.15, 0.2) is 41.8 Å². The number of benzene rings is 1. The molecule has 0 aliphatic heterocycles. The van der Waals surface area contributed by atoms with Gasteiger partial charge in [0, 0.05) is 12.6 Å². The molecule has 25 heavy (non-hydrogen) atoms. The van der Waals surface area contributed by atoms with Gasteiger partial charge in [0.1, 0.15) is 5.69 Å². The summed E-state index contributed by atoms with van der Waals surface area (Å²) in [6, 6.07) is 5.07. The van der Waals surface area contributed by atoms with Crippen molar-refractivity contribution in [3.05, 3.63) is 59.2 Å². The molecule has 5 nitrogen and oxygen atoms in total. The van der Waals surface area contributed by atoms with E-state index in [1.54, 1.807) is 12.3 Å². The van der Waals surface area contributed by atoms with E-state index < -0.39 is 11.7 Å². The van der Waals surface area contributed by atoms with Crippen molar-refractivity contribution in [2.75, 3.05) is 6.26 Å². The Morgan fingerprint density at radius 3 is 2.80 bits per heavy atom. The molecule has 2 rings (SSSR count). The summed E-state index contributed by atoms with van der Waals surface area (Å²) < 4.78 is 38.8. The Balaban J connectivity index is 2.18. The molecule has 0 fully saturated rings. The van der Waals surface area contributed by atoms with Crippen molar-refractivity contribution < 1.29 is 13.2 Å². The van der Waals surface area contributed by atoms with E-state index in [9.17, 15) is 13.2 Å². The molecule has 1 aromatic heterocycles. The molecule has 0 bridgehead atoms. The minimum absolute atomic E-state index is 0.0785. The van der Waals surface area contributed by atoms with Crippen LogP contribution in [0.3, 0.4) is 0 Å². The molecule has 10 heteroatoms. The van der Waals surface area contributed by atoms with Crippen LogP contribution in [-0.2, 0) is 12.6 Å². The number of hydrogen-bond donors (Lipinski definition) is 2. The average molecular weight is 385 g/mol. The number of nitrogens with zero attached hydrogens (tertiary/aromatic N) is 3. The fourth-order valence-corrected chi connectivity index (χ4v) is 2.07. The molecule has 1 heterocycles. The van der Waals surface area contributed by atoms with Gasteiger partial charge in [0.25, 0.3) is 0 Å². The lowest BCUT2D eigenvalue weighted by Crippen LogP contribution is -2.22. The van der Waals surface area contributed by atoms with Crippen molar-refractivity contribution in [2.24, 2.45) is 10.8 Å². The molecule has 0 saturated carbocycles. The first-order valence-corrected chi connectivity index (χ1v) is 8.57. The number of halogens is 3. The standard InChI is InChI=1S/C15H14F3N5S2/c1-25-14(24)23-22-13(19)12-8-20-7-11(21-12)6-9-3-2-4-10(5-9)15(16,17)18/h2-5,7-8H,6H2,1H3,(H2,19,22)(H,23,24). The fourth-order valence-electron chi connectivity index (χ4n) is 1.89. The quantitative estimate of drug-likeness (QED) is 0.365. The Morgan fingerprint density at radius 1 is 1.36 bits per heavy atom. The summed E-state index contributed by atoms with van der Waals surface area (Å²) in [6.07, 6.45) is 0.475. The summed E-state index contributed by atoms with van der Waals surface area (Å²) in [7, 11) is 0. The molecule has 0 unspecified atom stereocenters. The van der Waals surface area contributed by atoms with Crippen LogP contribution < -0.4 is 11.2 Å². The molecular formula is C15H14F3N5S2. The molecule has 0 aliphatic carbocycles. The lowest BCUT2D eigenvalue weighted by Gasteiger charge is -2.09. The molecule has 0 radical (unpaired) electrons. The summed E-state index contributed by atoms with van der Waals surface area (Å²) in [5.74, 6) is 0.0785. The maximum atomic E-state index is 12.8. The highest BCUT2D eigenvalue weighted by Crippen LogP contribution is 2.29. The number of hydrogen-bond acceptors (Lipinski definition) is 5. The van der Waals surface area contributed by atoms with Crippen LogP contribution in [0.5, 0.6) is 0 Å². The molecule has 0 spiro atoms. The predicted octanol–water partition coefficient (Wildman–Crippen LogP) is 2.94. The summed E-state index contributed by atoms with van der Waals surface area (Å²) in [5, 5.41) is 3.89. The number of nitrogens with two attached hydrogens (primary N) is 1. The highest BCUT2D eigenvalue weighted by Gasteiger charge is 2.30. The number of aromatic nitrogens is 2. The van der Waals surface area contributed by atoms with Gasteiger partial charge in [0.15, 0.2) is 10.2 Å². The Morgan fingerprint density at radius 2 is 2.12 bits per heavy atom. The Hall–Kier alpha value is -2.20. The van der Waals surface area contributed by atoms with Gasteiger partial charge in [-0.3, -0.25) is 10.4 Å². The zero-order chi connectivity index (χ0) is 18.4. The Labute approximate surface area is 151 Å². The number of alkyl halides is 3. The van der Waals surface area contributed by atoms with E-state index >= 15 is 0 Å². The van der Waals surface area contributed by atoms with Crippen LogP contribution in [0, 0.1) is 0 Å². The molecule has 3 N–H and O–H groups in total. The van der Waals surface area contributed by atoms with Gasteiger partial charge in [0.05, 0.1) is 17.5 Å². The molecule has 132 valence electrons. The largest absolute Gasteiger partial charge is 0.416 e. The summed E-state index contributed by atoms with van der Waals surface area (Å²) >= 11 is 6.24. The second kappa shape index (κ2) is 8.26. The van der Waals surface area contributed by atoms with E-state index in [0.29, 0.717) is 21.3 Å². The van der Waals surface area contributed by atoms with E-state index in [-0.39, 0.29) is 12.3 Å². The van der Waals surface area contributed by atoms with Gasteiger partial charge in [-0.1, -0.05) is 42.2 Å². The number of nitrogens with one attached hydrogen (secondary N) is 1. The highest BCUT2D eigenvalue weighted by molar-refractivity contribution is 8.22. The zero-order valence-corrected chi connectivity index (χ0v) is 14.7. The van der Waals surface area contributed by atoms with Crippen LogP contribution >= 0.6 is 24.0 Å². The fraction of sp³-hybridized carbons (Fsp3) is 0.200. The zero-order valence-electron chi connectivity index (χ0n) is 13.0. The summed E-state index contributed by atoms with van der Waals surface area (Å²) in [5.41, 5.74) is 8.95. The van der Waals surface area contributed by atoms with Crippen molar-refractivity contribution in [2.45, 2.75) is 12.6 Å². The minimum atomic E-state index is -4.39. The van der Waals surface area contributed by atoms with Gasteiger partial charge >= 0.3 is 6.18 Å². The van der Waals surface area contributed by atoms with Gasteiger partial charge in [0.2, 0.25) is 0 Å². The first-order valence-electron chi connectivity index (χ1n) is 6.94. The first kappa shape index (κ1) is 19.1. The van der Waals surface area contributed by atoms with Crippen molar-refractivity contribution >= 4 is 34.1 Å². The van der Waals surface area contributed by atoms with Gasteiger partial charge in [-0.2, -0.15) is 18.3 Å².